The molecular formula is C24H27BrO2S. The molecule has 1 aliphatic carbocycles. The number of hydrogen-bond acceptors (Lipinski definition) is 3. The van der Waals surface area contributed by atoms with Crippen molar-refractivity contribution in [3.63, 3.8) is 0 Å². The van der Waals surface area contributed by atoms with Crippen molar-refractivity contribution in [3.8, 4) is 0 Å². The number of carbonyl (C=O) groups is 1. The summed E-state index contributed by atoms with van der Waals surface area (Å²) >= 11 is 5.41. The number of hydrogen-bond donors (Lipinski definition) is 1. The van der Waals surface area contributed by atoms with E-state index >= 15 is 0 Å². The molecule has 0 saturated carbocycles. The van der Waals surface area contributed by atoms with Gasteiger partial charge in [0.2, 0.25) is 0 Å². The Labute approximate surface area is 180 Å². The number of rotatable bonds is 5. The first kappa shape index (κ1) is 21.2. The maximum Gasteiger partial charge on any atom is 0.167 e. The fourth-order valence-electron chi connectivity index (χ4n) is 3.84. The van der Waals surface area contributed by atoms with Gasteiger partial charge in [0, 0.05) is 33.5 Å². The lowest BCUT2D eigenvalue weighted by atomic mass is 9.78. The first-order valence-corrected chi connectivity index (χ1v) is 11.5. The Hall–Kier alpha value is -1.52. The predicted octanol–water partition coefficient (Wildman–Crippen LogP) is 7.05. The van der Waals surface area contributed by atoms with E-state index in [-0.39, 0.29) is 17.5 Å². The van der Waals surface area contributed by atoms with Gasteiger partial charge in [-0.2, -0.15) is 0 Å². The van der Waals surface area contributed by atoms with Crippen LogP contribution < -0.4 is 0 Å². The molecule has 0 aliphatic heterocycles. The summed E-state index contributed by atoms with van der Waals surface area (Å²) in [6.45, 7) is 8.30. The molecule has 0 amide bonds. The van der Waals surface area contributed by atoms with Crippen molar-refractivity contribution >= 4 is 39.0 Å². The summed E-state index contributed by atoms with van der Waals surface area (Å²) < 4.78 is 0.876. The standard InChI is InChI=1S/C24H27BrO2S/c1-14-5-7-19(8-6-14)28-13-17(4)18-11-21(26)24(22(27)12-18)23-16(3)9-15(2)10-20(23)25/h5-10,17-18,26H,11-13H2,1-4H3. The highest BCUT2D eigenvalue weighted by molar-refractivity contribution is 9.10. The van der Waals surface area contributed by atoms with Crippen molar-refractivity contribution in [3.05, 3.63) is 68.9 Å². The van der Waals surface area contributed by atoms with Crippen molar-refractivity contribution in [2.45, 2.75) is 45.4 Å². The van der Waals surface area contributed by atoms with E-state index < -0.39 is 0 Å². The van der Waals surface area contributed by atoms with E-state index in [9.17, 15) is 9.90 Å². The number of aliphatic hydroxyl groups excluding tert-OH is 1. The Morgan fingerprint density at radius 2 is 1.79 bits per heavy atom. The normalized spacial score (nSPS) is 18.5. The lowest BCUT2D eigenvalue weighted by Crippen LogP contribution is -2.25. The number of carbonyl (C=O) groups excluding carboxylic acids is 1. The average molecular weight is 459 g/mol. The van der Waals surface area contributed by atoms with Gasteiger partial charge in [-0.3, -0.25) is 4.79 Å². The quantitative estimate of drug-likeness (QED) is 0.487. The van der Waals surface area contributed by atoms with Crippen LogP contribution in [-0.4, -0.2) is 16.6 Å². The number of Topliss-reactive ketones (excluding diaryl/α,β-unsaturated/α-hetero) is 1. The summed E-state index contributed by atoms with van der Waals surface area (Å²) in [5.41, 5.74) is 4.75. The highest BCUT2D eigenvalue weighted by atomic mass is 79.9. The zero-order chi connectivity index (χ0) is 20.4. The summed E-state index contributed by atoms with van der Waals surface area (Å²) in [4.78, 5) is 14.2. The lowest BCUT2D eigenvalue weighted by molar-refractivity contribution is -0.115. The van der Waals surface area contributed by atoms with Gasteiger partial charge in [0.15, 0.2) is 5.78 Å². The van der Waals surface area contributed by atoms with Crippen LogP contribution in [0.3, 0.4) is 0 Å². The first-order valence-electron chi connectivity index (χ1n) is 9.68. The summed E-state index contributed by atoms with van der Waals surface area (Å²) in [5.74, 6) is 1.76. The van der Waals surface area contributed by atoms with Crippen LogP contribution in [0.5, 0.6) is 0 Å². The molecule has 0 spiro atoms. The molecule has 0 radical (unpaired) electrons. The van der Waals surface area contributed by atoms with Crippen LogP contribution in [0.4, 0.5) is 0 Å². The molecule has 4 heteroatoms. The van der Waals surface area contributed by atoms with Gasteiger partial charge in [-0.1, -0.05) is 46.6 Å². The molecule has 0 aromatic heterocycles. The predicted molar refractivity (Wildman–Crippen MR) is 122 cm³/mol. The van der Waals surface area contributed by atoms with Crippen LogP contribution >= 0.6 is 27.7 Å². The molecule has 0 bridgehead atoms. The third-order valence-corrected chi connectivity index (χ3v) is 7.41. The molecule has 2 nitrogen and oxygen atoms in total. The fraction of sp³-hybridized carbons (Fsp3) is 0.375. The minimum absolute atomic E-state index is 0.0496. The van der Waals surface area contributed by atoms with Gasteiger partial charge in [-0.05, 0) is 61.9 Å². The largest absolute Gasteiger partial charge is 0.512 e. The maximum absolute atomic E-state index is 13.0. The van der Waals surface area contributed by atoms with Gasteiger partial charge < -0.3 is 5.11 Å². The third-order valence-electron chi connectivity index (χ3n) is 5.49. The van der Waals surface area contributed by atoms with Crippen molar-refractivity contribution in [2.24, 2.45) is 11.8 Å². The van der Waals surface area contributed by atoms with Gasteiger partial charge in [-0.25, -0.2) is 0 Å². The van der Waals surface area contributed by atoms with Crippen molar-refractivity contribution in [1.29, 1.82) is 0 Å². The zero-order valence-corrected chi connectivity index (χ0v) is 19.3. The van der Waals surface area contributed by atoms with Gasteiger partial charge in [0.25, 0.3) is 0 Å². The van der Waals surface area contributed by atoms with E-state index in [4.69, 9.17) is 0 Å². The van der Waals surface area contributed by atoms with Crippen molar-refractivity contribution in [2.75, 3.05) is 5.75 Å². The molecule has 0 fully saturated rings. The highest BCUT2D eigenvalue weighted by Crippen LogP contribution is 2.40. The maximum atomic E-state index is 13.0. The number of aliphatic hydroxyl groups is 1. The fourth-order valence-corrected chi connectivity index (χ4v) is 5.77. The molecule has 28 heavy (non-hydrogen) atoms. The second kappa shape index (κ2) is 8.87. The number of thioether (sulfide) groups is 1. The molecule has 0 heterocycles. The summed E-state index contributed by atoms with van der Waals surface area (Å²) in [7, 11) is 0. The minimum Gasteiger partial charge on any atom is -0.512 e. The van der Waals surface area contributed by atoms with E-state index in [0.29, 0.717) is 24.3 Å². The Balaban J connectivity index is 1.75. The monoisotopic (exact) mass is 458 g/mol. The Bertz CT molecular complexity index is 892. The van der Waals surface area contributed by atoms with Crippen LogP contribution in [0, 0.1) is 32.6 Å². The second-order valence-electron chi connectivity index (χ2n) is 7.95. The van der Waals surface area contributed by atoms with Gasteiger partial charge >= 0.3 is 0 Å². The highest BCUT2D eigenvalue weighted by Gasteiger charge is 2.33. The summed E-state index contributed by atoms with van der Waals surface area (Å²) in [6, 6.07) is 12.6. The SMILES string of the molecule is Cc1ccc(SCC(C)C2CC(=O)C(c3c(C)cc(C)cc3Br)=C(O)C2)cc1. The number of aryl methyl sites for hydroxylation is 3. The Morgan fingerprint density at radius 3 is 2.39 bits per heavy atom. The molecule has 2 unspecified atom stereocenters. The molecule has 2 aromatic rings. The molecule has 0 saturated heterocycles. The van der Waals surface area contributed by atoms with Gasteiger partial charge in [0.05, 0.1) is 5.57 Å². The van der Waals surface area contributed by atoms with Crippen LogP contribution in [0.15, 0.2) is 51.5 Å². The summed E-state index contributed by atoms with van der Waals surface area (Å²) in [6.07, 6.45) is 1.06. The first-order chi connectivity index (χ1) is 13.3. The van der Waals surface area contributed by atoms with E-state index in [1.807, 2.05) is 31.7 Å². The van der Waals surface area contributed by atoms with Crippen LogP contribution in [0.25, 0.3) is 5.57 Å². The van der Waals surface area contributed by atoms with E-state index in [0.717, 1.165) is 26.9 Å². The summed E-state index contributed by atoms with van der Waals surface area (Å²) in [5, 5.41) is 10.8. The minimum atomic E-state index is 0.0496. The zero-order valence-electron chi connectivity index (χ0n) is 16.9. The van der Waals surface area contributed by atoms with E-state index in [2.05, 4.69) is 60.1 Å². The Morgan fingerprint density at radius 1 is 1.11 bits per heavy atom. The molecule has 1 N–H and O–H groups in total. The van der Waals surface area contributed by atoms with Crippen molar-refractivity contribution in [1.82, 2.24) is 0 Å². The van der Waals surface area contributed by atoms with E-state index in [1.165, 1.54) is 10.5 Å². The smallest absolute Gasteiger partial charge is 0.167 e. The number of benzene rings is 2. The number of ketones is 1. The van der Waals surface area contributed by atoms with Crippen LogP contribution in [0.2, 0.25) is 0 Å². The second-order valence-corrected chi connectivity index (χ2v) is 9.90. The molecular weight excluding hydrogens is 432 g/mol. The topological polar surface area (TPSA) is 37.3 Å². The molecule has 1 aliphatic rings. The third kappa shape index (κ3) is 4.72. The number of allylic oxidation sites excluding steroid dienone is 2. The lowest BCUT2D eigenvalue weighted by Gasteiger charge is -2.29. The van der Waals surface area contributed by atoms with Gasteiger partial charge in [-0.15, -0.1) is 11.8 Å². The van der Waals surface area contributed by atoms with E-state index in [1.54, 1.807) is 0 Å². The molecule has 2 atom stereocenters. The van der Waals surface area contributed by atoms with Gasteiger partial charge in [0.1, 0.15) is 5.76 Å². The number of halogens is 1. The van der Waals surface area contributed by atoms with Crippen molar-refractivity contribution < 1.29 is 9.90 Å². The molecule has 148 valence electrons. The average Bonchev–Trinajstić information content (AvgIpc) is 2.62. The van der Waals surface area contributed by atoms with Crippen LogP contribution in [-0.2, 0) is 4.79 Å². The molecule has 3 rings (SSSR count). The Kier molecular flexibility index (Phi) is 6.72. The molecule has 2 aromatic carbocycles. The van der Waals surface area contributed by atoms with Crippen LogP contribution in [0.1, 0.15) is 42.0 Å².